The summed E-state index contributed by atoms with van der Waals surface area (Å²) in [6.07, 6.45) is 2.74. The normalized spacial score (nSPS) is 13.0. The highest BCUT2D eigenvalue weighted by Gasteiger charge is 2.21. The van der Waals surface area contributed by atoms with E-state index < -0.39 is 0 Å². The van der Waals surface area contributed by atoms with Crippen molar-refractivity contribution in [1.82, 2.24) is 9.97 Å². The fraction of sp³-hybridized carbons (Fsp3) is 0.111. The zero-order valence-corrected chi connectivity index (χ0v) is 14.2. The van der Waals surface area contributed by atoms with Gasteiger partial charge in [0.15, 0.2) is 0 Å². The van der Waals surface area contributed by atoms with Gasteiger partial charge in [-0.2, -0.15) is 4.98 Å². The first-order chi connectivity index (χ1) is 11.7. The summed E-state index contributed by atoms with van der Waals surface area (Å²) in [7, 11) is 0. The predicted molar refractivity (Wildman–Crippen MR) is 98.9 cm³/mol. The van der Waals surface area contributed by atoms with E-state index in [1.54, 1.807) is 24.4 Å². The van der Waals surface area contributed by atoms with Crippen LogP contribution >= 0.6 is 23.2 Å². The van der Waals surface area contributed by atoms with Crippen LogP contribution in [0.3, 0.4) is 0 Å². The molecule has 1 aliphatic rings. The number of rotatable bonds is 3. The van der Waals surface area contributed by atoms with Crippen LogP contribution < -0.4 is 10.2 Å². The quantitative estimate of drug-likeness (QED) is 0.698. The van der Waals surface area contributed by atoms with Crippen molar-refractivity contribution in [3.05, 3.63) is 70.3 Å². The highest BCUT2D eigenvalue weighted by atomic mass is 35.5. The van der Waals surface area contributed by atoms with Gasteiger partial charge in [-0.25, -0.2) is 4.98 Å². The molecule has 0 spiro atoms. The average molecular weight is 357 g/mol. The largest absolute Gasteiger partial charge is 0.339 e. The van der Waals surface area contributed by atoms with Gasteiger partial charge < -0.3 is 10.2 Å². The van der Waals surface area contributed by atoms with E-state index in [4.69, 9.17) is 23.2 Å². The van der Waals surface area contributed by atoms with E-state index in [0.29, 0.717) is 21.8 Å². The van der Waals surface area contributed by atoms with E-state index in [0.717, 1.165) is 24.3 Å². The van der Waals surface area contributed by atoms with Gasteiger partial charge in [-0.3, -0.25) is 0 Å². The minimum Gasteiger partial charge on any atom is -0.339 e. The molecule has 0 saturated heterocycles. The fourth-order valence-electron chi connectivity index (χ4n) is 2.83. The number of hydrogen-bond acceptors (Lipinski definition) is 4. The number of nitrogens with one attached hydrogen (secondary N) is 1. The molecule has 0 aliphatic carbocycles. The summed E-state index contributed by atoms with van der Waals surface area (Å²) in [6, 6.07) is 15.4. The topological polar surface area (TPSA) is 41.1 Å². The average Bonchev–Trinajstić information content (AvgIpc) is 3.03. The first-order valence-electron chi connectivity index (χ1n) is 7.61. The van der Waals surface area contributed by atoms with E-state index in [9.17, 15) is 0 Å². The first-order valence-corrected chi connectivity index (χ1v) is 8.37. The van der Waals surface area contributed by atoms with Gasteiger partial charge in [-0.1, -0.05) is 41.4 Å². The number of hydrogen-bond donors (Lipinski definition) is 1. The molecular formula is C18H14Cl2N4. The van der Waals surface area contributed by atoms with Crippen molar-refractivity contribution in [2.24, 2.45) is 0 Å². The lowest BCUT2D eigenvalue weighted by Crippen LogP contribution is -2.16. The summed E-state index contributed by atoms with van der Waals surface area (Å²) in [5.41, 5.74) is 3.20. The molecule has 4 nitrogen and oxygen atoms in total. The van der Waals surface area contributed by atoms with Crippen LogP contribution in [0, 0.1) is 0 Å². The van der Waals surface area contributed by atoms with Crippen molar-refractivity contribution in [2.45, 2.75) is 6.42 Å². The molecule has 3 aromatic rings. The van der Waals surface area contributed by atoms with E-state index in [-0.39, 0.29) is 0 Å². The van der Waals surface area contributed by atoms with Crippen LogP contribution in [0.2, 0.25) is 10.0 Å². The van der Waals surface area contributed by atoms with E-state index in [1.165, 1.54) is 5.56 Å². The van der Waals surface area contributed by atoms with Crippen LogP contribution in [0.15, 0.2) is 54.7 Å². The second-order valence-electron chi connectivity index (χ2n) is 5.52. The molecule has 1 N–H and O–H groups in total. The molecule has 0 saturated carbocycles. The molecule has 0 radical (unpaired) electrons. The van der Waals surface area contributed by atoms with Crippen molar-refractivity contribution in [3.63, 3.8) is 0 Å². The molecule has 6 heteroatoms. The zero-order valence-electron chi connectivity index (χ0n) is 12.7. The molecule has 2 heterocycles. The predicted octanol–water partition coefficient (Wildman–Crippen LogP) is 5.22. The molecule has 0 atom stereocenters. The Bertz CT molecular complexity index is 898. The van der Waals surface area contributed by atoms with Crippen LogP contribution in [0.1, 0.15) is 5.56 Å². The number of benzene rings is 2. The number of anilines is 4. The second kappa shape index (κ2) is 6.30. The Morgan fingerprint density at radius 2 is 1.92 bits per heavy atom. The maximum Gasteiger partial charge on any atom is 0.231 e. The van der Waals surface area contributed by atoms with Crippen molar-refractivity contribution >= 4 is 46.3 Å². The van der Waals surface area contributed by atoms with Crippen molar-refractivity contribution < 1.29 is 0 Å². The molecule has 120 valence electrons. The molecule has 4 rings (SSSR count). The Hall–Kier alpha value is -2.30. The summed E-state index contributed by atoms with van der Waals surface area (Å²) in [5, 5.41) is 4.41. The Balaban J connectivity index is 1.64. The summed E-state index contributed by atoms with van der Waals surface area (Å²) in [4.78, 5) is 11.2. The van der Waals surface area contributed by atoms with Crippen LogP contribution in [0.5, 0.6) is 0 Å². The fourth-order valence-corrected chi connectivity index (χ4v) is 3.16. The number of nitrogens with zero attached hydrogens (tertiary/aromatic N) is 3. The Kier molecular flexibility index (Phi) is 4.00. The summed E-state index contributed by atoms with van der Waals surface area (Å²) < 4.78 is 0. The van der Waals surface area contributed by atoms with Gasteiger partial charge in [-0.15, -0.1) is 0 Å². The van der Waals surface area contributed by atoms with Crippen molar-refractivity contribution in [1.29, 1.82) is 0 Å². The highest BCUT2D eigenvalue weighted by molar-refractivity contribution is 6.35. The molecule has 0 bridgehead atoms. The van der Waals surface area contributed by atoms with Gasteiger partial charge in [0.2, 0.25) is 5.95 Å². The third-order valence-electron chi connectivity index (χ3n) is 3.96. The highest BCUT2D eigenvalue weighted by Crippen LogP contribution is 2.33. The number of aromatic nitrogens is 2. The van der Waals surface area contributed by atoms with Gasteiger partial charge >= 0.3 is 0 Å². The molecule has 0 amide bonds. The summed E-state index contributed by atoms with van der Waals surface area (Å²) in [5.74, 6) is 1.34. The Labute approximate surface area is 150 Å². The maximum atomic E-state index is 6.20. The molecule has 1 aliphatic heterocycles. The van der Waals surface area contributed by atoms with Crippen LogP contribution in [0.4, 0.5) is 23.1 Å². The Morgan fingerprint density at radius 3 is 2.83 bits per heavy atom. The molecular weight excluding hydrogens is 343 g/mol. The number of fused-ring (bicyclic) bond motifs is 1. The van der Waals surface area contributed by atoms with Crippen LogP contribution in [-0.2, 0) is 6.42 Å². The Morgan fingerprint density at radius 1 is 1.04 bits per heavy atom. The lowest BCUT2D eigenvalue weighted by molar-refractivity contribution is 0.941. The standard InChI is InChI=1S/C18H14Cl2N4/c19-13-5-6-14(20)15(11-13)22-17-7-9-21-18(23-17)24-10-8-12-3-1-2-4-16(12)24/h1-7,9,11H,8,10H2,(H,21,22,23). The SMILES string of the molecule is Clc1ccc(Cl)c(Nc2ccnc(N3CCc4ccccc43)n2)c1. The van der Waals surface area contributed by atoms with Gasteiger partial charge in [0.1, 0.15) is 5.82 Å². The van der Waals surface area contributed by atoms with E-state index in [2.05, 4.69) is 38.4 Å². The molecule has 0 fully saturated rings. The third-order valence-corrected chi connectivity index (χ3v) is 4.53. The monoisotopic (exact) mass is 356 g/mol. The van der Waals surface area contributed by atoms with Crippen molar-refractivity contribution in [3.8, 4) is 0 Å². The lowest BCUT2D eigenvalue weighted by atomic mass is 10.2. The van der Waals surface area contributed by atoms with E-state index in [1.807, 2.05) is 12.1 Å². The van der Waals surface area contributed by atoms with E-state index >= 15 is 0 Å². The second-order valence-corrected chi connectivity index (χ2v) is 6.37. The number of halogens is 2. The summed E-state index contributed by atoms with van der Waals surface area (Å²) >= 11 is 12.2. The number of para-hydroxylation sites is 1. The smallest absolute Gasteiger partial charge is 0.231 e. The van der Waals surface area contributed by atoms with Crippen LogP contribution in [-0.4, -0.2) is 16.5 Å². The minimum atomic E-state index is 0.589. The van der Waals surface area contributed by atoms with Gasteiger partial charge in [0.25, 0.3) is 0 Å². The zero-order chi connectivity index (χ0) is 16.5. The third kappa shape index (κ3) is 2.90. The van der Waals surface area contributed by atoms with Crippen molar-refractivity contribution in [2.75, 3.05) is 16.8 Å². The summed E-state index contributed by atoms with van der Waals surface area (Å²) in [6.45, 7) is 0.876. The minimum absolute atomic E-state index is 0.589. The molecule has 2 aromatic carbocycles. The molecule has 1 aromatic heterocycles. The van der Waals surface area contributed by atoms with Gasteiger partial charge in [0, 0.05) is 23.5 Å². The molecule has 0 unspecified atom stereocenters. The van der Waals surface area contributed by atoms with Gasteiger partial charge in [-0.05, 0) is 42.3 Å². The lowest BCUT2D eigenvalue weighted by Gasteiger charge is -2.18. The molecule has 24 heavy (non-hydrogen) atoms. The first kappa shape index (κ1) is 15.2. The van der Waals surface area contributed by atoms with Crippen LogP contribution in [0.25, 0.3) is 0 Å². The maximum absolute atomic E-state index is 6.20. The van der Waals surface area contributed by atoms with Gasteiger partial charge in [0.05, 0.1) is 10.7 Å².